The quantitative estimate of drug-likeness (QED) is 0.342. The summed E-state index contributed by atoms with van der Waals surface area (Å²) in [7, 11) is 0. The minimum absolute atomic E-state index is 0. The molecule has 0 saturated carbocycles. The average Bonchev–Trinajstić information content (AvgIpc) is 2.08. The molecule has 1 aromatic rings. The summed E-state index contributed by atoms with van der Waals surface area (Å²) in [5, 5.41) is 18.8. The van der Waals surface area contributed by atoms with Crippen molar-refractivity contribution in [3.63, 3.8) is 0 Å². The predicted molar refractivity (Wildman–Crippen MR) is 46.6 cm³/mol. The zero-order valence-electron chi connectivity index (χ0n) is 6.94. The van der Waals surface area contributed by atoms with Crippen LogP contribution in [0.4, 0.5) is 11.4 Å². The van der Waals surface area contributed by atoms with Crippen LogP contribution in [-0.4, -0.2) is 19.9 Å². The molecule has 1 aromatic carbocycles. The van der Waals surface area contributed by atoms with Gasteiger partial charge in [0.1, 0.15) is 0 Å². The second-order valence-electron chi connectivity index (χ2n) is 2.24. The molecule has 3 N–H and O–H groups in total. The Morgan fingerprint density at radius 1 is 1.57 bits per heavy atom. The van der Waals surface area contributed by atoms with Crippen LogP contribution >= 0.6 is 0 Å². The first-order valence-electron chi connectivity index (χ1n) is 3.31. The van der Waals surface area contributed by atoms with Gasteiger partial charge in [-0.2, -0.15) is 0 Å². The summed E-state index contributed by atoms with van der Waals surface area (Å²) >= 11 is -0.386. The molecule has 1 rings (SSSR count). The van der Waals surface area contributed by atoms with E-state index in [-0.39, 0.29) is 33.1 Å². The van der Waals surface area contributed by atoms with E-state index in [1.54, 1.807) is 6.07 Å². The Hall–Kier alpha value is -1.12. The monoisotopic (exact) mass is 279 g/mol. The van der Waals surface area contributed by atoms with Gasteiger partial charge in [0.05, 0.1) is 0 Å². The van der Waals surface area contributed by atoms with Crippen molar-refractivity contribution >= 4 is 30.8 Å². The standard InChI is InChI=1S/C7H5N3O2Se.ClH/c8-4-13-7-3-5(10(11)12)1-2-6(7)9;/h1-3H,9H2;1H. The van der Waals surface area contributed by atoms with Gasteiger partial charge in [0.15, 0.2) is 0 Å². The largest absolute Gasteiger partial charge is 1.00 e. The van der Waals surface area contributed by atoms with Crippen molar-refractivity contribution in [2.75, 3.05) is 0 Å². The van der Waals surface area contributed by atoms with E-state index < -0.39 is 4.92 Å². The van der Waals surface area contributed by atoms with Gasteiger partial charge in [0, 0.05) is 0 Å². The van der Waals surface area contributed by atoms with Gasteiger partial charge < -0.3 is 12.4 Å². The fraction of sp³-hybridized carbons (Fsp3) is 0. The van der Waals surface area contributed by atoms with Gasteiger partial charge in [-0.1, -0.05) is 0 Å². The number of nitro groups is 1. The Balaban J connectivity index is 0.00000169. The normalized spacial score (nSPS) is 8.57. The first-order valence-corrected chi connectivity index (χ1v) is 5.03. The zero-order chi connectivity index (χ0) is 9.84. The van der Waals surface area contributed by atoms with E-state index in [1.165, 1.54) is 12.1 Å². The fourth-order valence-electron chi connectivity index (χ4n) is 0.801. The van der Waals surface area contributed by atoms with Gasteiger partial charge >= 0.3 is 80.0 Å². The Kier molecular flexibility index (Phi) is 5.13. The third-order valence-corrected chi connectivity index (χ3v) is 2.87. The van der Waals surface area contributed by atoms with Gasteiger partial charge in [0.25, 0.3) is 0 Å². The number of non-ortho nitro benzene ring substituents is 1. The smallest absolute Gasteiger partial charge is 1.00 e. The second-order valence-corrected chi connectivity index (χ2v) is 3.98. The molecule has 74 valence electrons. The van der Waals surface area contributed by atoms with E-state index in [4.69, 9.17) is 5.26 Å². The van der Waals surface area contributed by atoms with Gasteiger partial charge in [-0.05, 0) is 0 Å². The molecule has 0 aliphatic heterocycles. The van der Waals surface area contributed by atoms with Crippen LogP contribution in [-0.2, 0) is 0 Å². The minimum atomic E-state index is -0.476. The molecule has 0 aromatic heterocycles. The SMILES string of the molecule is N#C[Se]c1cc([N+](=O)[O-])ccc1[NH3+].[Cl-]. The topological polar surface area (TPSA) is 94.6 Å². The van der Waals surface area contributed by atoms with Crippen molar-refractivity contribution in [3.05, 3.63) is 28.3 Å². The number of hydrogen-bond donors (Lipinski definition) is 1. The maximum Gasteiger partial charge on any atom is -1.00 e. The molecule has 0 unspecified atom stereocenters. The molecule has 0 spiro atoms. The molecule has 0 radical (unpaired) electrons. The number of halogens is 1. The molecule has 5 nitrogen and oxygen atoms in total. The summed E-state index contributed by atoms with van der Waals surface area (Å²) in [6.45, 7) is 0. The molecular formula is C7H6ClN3O2Se. The van der Waals surface area contributed by atoms with Crippen LogP contribution in [0.15, 0.2) is 18.2 Å². The molecule has 0 saturated heterocycles. The molecule has 0 heterocycles. The van der Waals surface area contributed by atoms with Gasteiger partial charge in [-0.3, -0.25) is 0 Å². The van der Waals surface area contributed by atoms with Crippen LogP contribution in [0.1, 0.15) is 0 Å². The summed E-state index contributed by atoms with van der Waals surface area (Å²) in [5.74, 6) is 0. The van der Waals surface area contributed by atoms with E-state index in [0.717, 1.165) is 0 Å². The summed E-state index contributed by atoms with van der Waals surface area (Å²) in [6.07, 6.45) is 0. The van der Waals surface area contributed by atoms with E-state index in [1.807, 2.05) is 4.97 Å². The number of nitriles is 1. The van der Waals surface area contributed by atoms with Crippen molar-refractivity contribution in [1.82, 2.24) is 0 Å². The molecular weight excluding hydrogens is 273 g/mol. The molecule has 0 fully saturated rings. The summed E-state index contributed by atoms with van der Waals surface area (Å²) < 4.78 is 0.671. The van der Waals surface area contributed by atoms with E-state index in [9.17, 15) is 10.1 Å². The summed E-state index contributed by atoms with van der Waals surface area (Å²) in [6, 6.07) is 4.36. The zero-order valence-corrected chi connectivity index (χ0v) is 9.41. The van der Waals surface area contributed by atoms with E-state index >= 15 is 0 Å². The first kappa shape index (κ1) is 12.9. The van der Waals surface area contributed by atoms with Crippen LogP contribution in [0, 0.1) is 20.3 Å². The predicted octanol–water partition coefficient (Wildman–Crippen LogP) is -3.72. The summed E-state index contributed by atoms with van der Waals surface area (Å²) in [5.41, 5.74) is 4.38. The third-order valence-electron chi connectivity index (χ3n) is 1.42. The maximum atomic E-state index is 10.4. The Bertz CT molecular complexity index is 391. The fourth-order valence-corrected chi connectivity index (χ4v) is 1.80. The second kappa shape index (κ2) is 5.58. The average molecular weight is 279 g/mol. The molecule has 14 heavy (non-hydrogen) atoms. The van der Waals surface area contributed by atoms with Crippen LogP contribution in [0.25, 0.3) is 0 Å². The van der Waals surface area contributed by atoms with Gasteiger partial charge in [-0.25, -0.2) is 0 Å². The van der Waals surface area contributed by atoms with E-state index in [2.05, 4.69) is 5.73 Å². The van der Waals surface area contributed by atoms with Gasteiger partial charge in [0.2, 0.25) is 0 Å². The Morgan fingerprint density at radius 2 is 2.21 bits per heavy atom. The number of nitrogens with zero attached hydrogens (tertiary/aromatic N) is 2. The van der Waals surface area contributed by atoms with E-state index in [0.29, 0.717) is 10.1 Å². The van der Waals surface area contributed by atoms with Crippen molar-refractivity contribution in [2.24, 2.45) is 0 Å². The van der Waals surface area contributed by atoms with Crippen molar-refractivity contribution in [2.45, 2.75) is 0 Å². The van der Waals surface area contributed by atoms with Crippen molar-refractivity contribution < 1.29 is 23.1 Å². The number of hydrogen-bond acceptors (Lipinski definition) is 3. The van der Waals surface area contributed by atoms with Crippen LogP contribution < -0.4 is 22.6 Å². The number of nitro benzene ring substituents is 1. The molecule has 0 bridgehead atoms. The molecule has 0 atom stereocenters. The molecule has 0 amide bonds. The van der Waals surface area contributed by atoms with Crippen LogP contribution in [0.5, 0.6) is 0 Å². The number of benzene rings is 1. The summed E-state index contributed by atoms with van der Waals surface area (Å²) in [4.78, 5) is 11.9. The number of quaternary nitrogens is 1. The minimum Gasteiger partial charge on any atom is -1.00 e. The first-order chi connectivity index (χ1) is 6.15. The van der Waals surface area contributed by atoms with Crippen LogP contribution in [0.3, 0.4) is 0 Å². The van der Waals surface area contributed by atoms with Crippen LogP contribution in [0.2, 0.25) is 0 Å². The number of rotatable bonds is 2. The Morgan fingerprint density at radius 3 is 2.71 bits per heavy atom. The third kappa shape index (κ3) is 2.98. The molecule has 0 aliphatic rings. The molecule has 0 aliphatic carbocycles. The van der Waals surface area contributed by atoms with Crippen molar-refractivity contribution in [3.8, 4) is 4.97 Å². The van der Waals surface area contributed by atoms with Crippen molar-refractivity contribution in [1.29, 1.82) is 5.26 Å². The Labute approximate surface area is 92.6 Å². The van der Waals surface area contributed by atoms with Gasteiger partial charge in [-0.15, -0.1) is 0 Å². The molecule has 7 heteroatoms. The maximum absolute atomic E-state index is 10.4.